The van der Waals surface area contributed by atoms with Gasteiger partial charge in [0, 0.05) is 0 Å². The number of ether oxygens (including phenoxy) is 1. The fraction of sp³-hybridized carbons (Fsp3) is 0.269. The Labute approximate surface area is 172 Å². The highest BCUT2D eigenvalue weighted by molar-refractivity contribution is 5.87. The van der Waals surface area contributed by atoms with Crippen LogP contribution in [0.15, 0.2) is 66.7 Å². The van der Waals surface area contributed by atoms with Gasteiger partial charge in [0.05, 0.1) is 12.7 Å². The van der Waals surface area contributed by atoms with Crippen LogP contribution in [0.4, 0.5) is 0 Å². The summed E-state index contributed by atoms with van der Waals surface area (Å²) in [6.07, 6.45) is 5.27. The van der Waals surface area contributed by atoms with Crippen molar-refractivity contribution in [1.29, 1.82) is 0 Å². The maximum Gasteiger partial charge on any atom is 0.335 e. The van der Waals surface area contributed by atoms with E-state index in [1.54, 1.807) is 19.2 Å². The summed E-state index contributed by atoms with van der Waals surface area (Å²) in [5.74, 6) is 0.583. The molecule has 1 unspecified atom stereocenters. The average Bonchev–Trinajstić information content (AvgIpc) is 3.16. The van der Waals surface area contributed by atoms with Crippen LogP contribution in [0.2, 0.25) is 0 Å². The number of methoxy groups -OCH3 is 1. The van der Waals surface area contributed by atoms with E-state index in [1.807, 2.05) is 18.2 Å². The van der Waals surface area contributed by atoms with E-state index in [0.29, 0.717) is 11.5 Å². The highest BCUT2D eigenvalue weighted by Gasteiger charge is 2.25. The molecule has 1 aliphatic rings. The smallest absolute Gasteiger partial charge is 0.335 e. The number of hydrogen-bond donors (Lipinski definition) is 1. The molecule has 0 aromatic heterocycles. The molecule has 3 aromatic rings. The van der Waals surface area contributed by atoms with E-state index in [4.69, 9.17) is 9.84 Å². The molecule has 1 aliphatic carbocycles. The topological polar surface area (TPSA) is 46.5 Å². The standard InChI is InChI=1S/C26H26O3/c1-29-24-7-2-4-19(17-24)16-23-15-14-21-6-3-5-20(25(21)23)11-8-18-9-12-22(13-10-18)26(27)28/h2-7,9-10,12-13,17,23H,8,11,14-16H2,1H3,(H,27,28). The summed E-state index contributed by atoms with van der Waals surface area (Å²) in [6, 6.07) is 22.3. The van der Waals surface area contributed by atoms with Gasteiger partial charge in [-0.25, -0.2) is 4.79 Å². The van der Waals surface area contributed by atoms with Crippen LogP contribution in [-0.4, -0.2) is 18.2 Å². The van der Waals surface area contributed by atoms with Gasteiger partial charge in [-0.1, -0.05) is 42.5 Å². The van der Waals surface area contributed by atoms with E-state index >= 15 is 0 Å². The zero-order chi connectivity index (χ0) is 20.2. The molecule has 1 N–H and O–H groups in total. The molecule has 0 fully saturated rings. The van der Waals surface area contributed by atoms with Crippen LogP contribution in [0.1, 0.15) is 50.5 Å². The van der Waals surface area contributed by atoms with E-state index < -0.39 is 5.97 Å². The molecule has 0 radical (unpaired) electrons. The van der Waals surface area contributed by atoms with Crippen molar-refractivity contribution in [3.63, 3.8) is 0 Å². The Morgan fingerprint density at radius 3 is 2.55 bits per heavy atom. The predicted octanol–water partition coefficient (Wildman–Crippen LogP) is 5.45. The van der Waals surface area contributed by atoms with E-state index in [-0.39, 0.29) is 0 Å². The van der Waals surface area contributed by atoms with Crippen LogP contribution >= 0.6 is 0 Å². The Morgan fingerprint density at radius 2 is 1.79 bits per heavy atom. The molecule has 3 heteroatoms. The molecular formula is C26H26O3. The SMILES string of the molecule is COc1cccc(CC2CCc3cccc(CCc4ccc(C(=O)O)cc4)c32)c1. The number of aromatic carboxylic acids is 1. The minimum absolute atomic E-state index is 0.340. The molecule has 1 atom stereocenters. The third-order valence-corrected chi connectivity index (χ3v) is 5.96. The Hall–Kier alpha value is -3.07. The van der Waals surface area contributed by atoms with Crippen molar-refractivity contribution in [3.8, 4) is 5.75 Å². The van der Waals surface area contributed by atoms with Crippen molar-refractivity contribution >= 4 is 5.97 Å². The maximum atomic E-state index is 11.0. The molecule has 0 spiro atoms. The zero-order valence-electron chi connectivity index (χ0n) is 16.7. The third-order valence-electron chi connectivity index (χ3n) is 5.96. The number of rotatable bonds is 7. The first kappa shape index (κ1) is 19.3. The van der Waals surface area contributed by atoms with Crippen LogP contribution in [-0.2, 0) is 25.7 Å². The normalized spacial score (nSPS) is 15.1. The summed E-state index contributed by atoms with van der Waals surface area (Å²) in [5, 5.41) is 9.06. The lowest BCUT2D eigenvalue weighted by Crippen LogP contribution is -2.04. The molecule has 0 amide bonds. The number of aryl methyl sites for hydroxylation is 3. The molecular weight excluding hydrogens is 360 g/mol. The summed E-state index contributed by atoms with van der Waals surface area (Å²) in [5.41, 5.74) is 7.27. The van der Waals surface area contributed by atoms with Gasteiger partial charge in [-0.15, -0.1) is 0 Å². The molecule has 3 nitrogen and oxygen atoms in total. The van der Waals surface area contributed by atoms with Gasteiger partial charge in [0.1, 0.15) is 5.75 Å². The van der Waals surface area contributed by atoms with Crippen molar-refractivity contribution in [2.45, 2.75) is 38.0 Å². The van der Waals surface area contributed by atoms with E-state index in [2.05, 4.69) is 36.4 Å². The van der Waals surface area contributed by atoms with Gasteiger partial charge in [0.25, 0.3) is 0 Å². The summed E-state index contributed by atoms with van der Waals surface area (Å²) < 4.78 is 5.39. The monoisotopic (exact) mass is 386 g/mol. The molecule has 29 heavy (non-hydrogen) atoms. The molecule has 3 aromatic carbocycles. The number of carbonyl (C=O) groups is 1. The average molecular weight is 386 g/mol. The van der Waals surface area contributed by atoms with Gasteiger partial charge in [0.15, 0.2) is 0 Å². The minimum Gasteiger partial charge on any atom is -0.497 e. The van der Waals surface area contributed by atoms with Gasteiger partial charge in [-0.3, -0.25) is 0 Å². The van der Waals surface area contributed by atoms with Crippen LogP contribution in [0.25, 0.3) is 0 Å². The van der Waals surface area contributed by atoms with E-state index in [0.717, 1.165) is 31.4 Å². The fourth-order valence-corrected chi connectivity index (χ4v) is 4.48. The second-order valence-electron chi connectivity index (χ2n) is 7.78. The van der Waals surface area contributed by atoms with Crippen molar-refractivity contribution in [2.24, 2.45) is 0 Å². The Kier molecular flexibility index (Phi) is 5.66. The summed E-state index contributed by atoms with van der Waals surface area (Å²) in [6.45, 7) is 0. The molecule has 0 heterocycles. The number of carboxylic acid groups (broad SMARTS) is 1. The van der Waals surface area contributed by atoms with Crippen LogP contribution < -0.4 is 4.74 Å². The summed E-state index contributed by atoms with van der Waals surface area (Å²) >= 11 is 0. The summed E-state index contributed by atoms with van der Waals surface area (Å²) in [4.78, 5) is 11.0. The first-order valence-electron chi connectivity index (χ1n) is 10.2. The lowest BCUT2D eigenvalue weighted by Gasteiger charge is -2.17. The molecule has 0 aliphatic heterocycles. The van der Waals surface area contributed by atoms with Gasteiger partial charge in [0.2, 0.25) is 0 Å². The number of hydrogen-bond acceptors (Lipinski definition) is 2. The largest absolute Gasteiger partial charge is 0.497 e. The zero-order valence-corrected chi connectivity index (χ0v) is 16.7. The van der Waals surface area contributed by atoms with Crippen LogP contribution in [0.5, 0.6) is 5.75 Å². The Morgan fingerprint density at radius 1 is 1.00 bits per heavy atom. The van der Waals surface area contributed by atoms with Crippen molar-refractivity contribution in [2.75, 3.05) is 7.11 Å². The van der Waals surface area contributed by atoms with Crippen LogP contribution in [0, 0.1) is 0 Å². The Balaban J connectivity index is 1.51. The highest BCUT2D eigenvalue weighted by atomic mass is 16.5. The van der Waals surface area contributed by atoms with Crippen LogP contribution in [0.3, 0.4) is 0 Å². The predicted molar refractivity (Wildman–Crippen MR) is 115 cm³/mol. The van der Waals surface area contributed by atoms with Gasteiger partial charge < -0.3 is 9.84 Å². The maximum absolute atomic E-state index is 11.0. The second-order valence-corrected chi connectivity index (χ2v) is 7.78. The molecule has 148 valence electrons. The molecule has 0 bridgehead atoms. The lowest BCUT2D eigenvalue weighted by atomic mass is 9.88. The quantitative estimate of drug-likeness (QED) is 0.587. The summed E-state index contributed by atoms with van der Waals surface area (Å²) in [7, 11) is 1.71. The third kappa shape index (κ3) is 4.34. The first-order valence-corrected chi connectivity index (χ1v) is 10.2. The number of benzene rings is 3. The van der Waals surface area contributed by atoms with Gasteiger partial charge >= 0.3 is 5.97 Å². The van der Waals surface area contributed by atoms with Gasteiger partial charge in [-0.05, 0) is 90.1 Å². The molecule has 0 saturated carbocycles. The molecule has 0 saturated heterocycles. The first-order chi connectivity index (χ1) is 14.1. The highest BCUT2D eigenvalue weighted by Crippen LogP contribution is 2.38. The number of fused-ring (bicyclic) bond motifs is 1. The van der Waals surface area contributed by atoms with Gasteiger partial charge in [-0.2, -0.15) is 0 Å². The van der Waals surface area contributed by atoms with E-state index in [1.165, 1.54) is 34.2 Å². The Bertz CT molecular complexity index is 1000. The lowest BCUT2D eigenvalue weighted by molar-refractivity contribution is 0.0697. The fourth-order valence-electron chi connectivity index (χ4n) is 4.48. The molecule has 4 rings (SSSR count). The van der Waals surface area contributed by atoms with Crippen molar-refractivity contribution in [3.05, 3.63) is 100 Å². The number of carboxylic acids is 1. The van der Waals surface area contributed by atoms with Crippen molar-refractivity contribution in [1.82, 2.24) is 0 Å². The van der Waals surface area contributed by atoms with Crippen molar-refractivity contribution < 1.29 is 14.6 Å². The minimum atomic E-state index is -0.877. The second kappa shape index (κ2) is 8.52. The van der Waals surface area contributed by atoms with E-state index in [9.17, 15) is 4.79 Å².